The third-order valence-electron chi connectivity index (χ3n) is 8.41. The van der Waals surface area contributed by atoms with Gasteiger partial charge in [0.1, 0.15) is 6.04 Å². The van der Waals surface area contributed by atoms with Gasteiger partial charge in [-0.1, -0.05) is 81.4 Å². The summed E-state index contributed by atoms with van der Waals surface area (Å²) >= 11 is 1.39. The number of benzene rings is 2. The molecule has 3 aromatic rings. The zero-order valence-electron chi connectivity index (χ0n) is 21.1. The topological polar surface area (TPSA) is 79.4 Å². The van der Waals surface area contributed by atoms with E-state index in [9.17, 15) is 14.4 Å². The third-order valence-corrected chi connectivity index (χ3v) is 9.30. The molecule has 1 saturated heterocycles. The Morgan fingerprint density at radius 2 is 1.72 bits per heavy atom. The van der Waals surface area contributed by atoms with Gasteiger partial charge in [0.15, 0.2) is 5.13 Å². The Morgan fingerprint density at radius 3 is 2.39 bits per heavy atom. The first kappa shape index (κ1) is 24.4. The normalized spacial score (nSPS) is 23.6. The molecule has 7 heteroatoms. The number of hydrogen-bond acceptors (Lipinski definition) is 5. The second kappa shape index (κ2) is 8.96. The van der Waals surface area contributed by atoms with Crippen LogP contribution in [0.4, 0.5) is 5.13 Å². The van der Waals surface area contributed by atoms with Gasteiger partial charge in [0, 0.05) is 22.8 Å². The van der Waals surface area contributed by atoms with Crippen molar-refractivity contribution in [2.75, 3.05) is 5.32 Å². The van der Waals surface area contributed by atoms with E-state index in [4.69, 9.17) is 0 Å². The second-order valence-electron chi connectivity index (χ2n) is 10.6. The molecule has 3 atom stereocenters. The monoisotopic (exact) mass is 501 g/mol. The predicted octanol–water partition coefficient (Wildman–Crippen LogP) is 5.48. The highest BCUT2D eigenvalue weighted by molar-refractivity contribution is 7.16. The first-order valence-corrected chi connectivity index (χ1v) is 13.2. The van der Waals surface area contributed by atoms with Crippen LogP contribution in [0.5, 0.6) is 0 Å². The lowest BCUT2D eigenvalue weighted by atomic mass is 9.62. The minimum Gasteiger partial charge on any atom is -0.300 e. The molecule has 5 rings (SSSR count). The fourth-order valence-corrected chi connectivity index (χ4v) is 6.62. The Hall–Kier alpha value is -3.32. The summed E-state index contributed by atoms with van der Waals surface area (Å²) in [5.41, 5.74) is 1.55. The van der Waals surface area contributed by atoms with Gasteiger partial charge in [-0.3, -0.25) is 19.3 Å². The molecule has 3 unspecified atom stereocenters. The number of carbonyl (C=O) groups excluding carboxylic acids is 3. The van der Waals surface area contributed by atoms with Crippen LogP contribution in [0.25, 0.3) is 11.3 Å². The van der Waals surface area contributed by atoms with Crippen molar-refractivity contribution in [1.82, 2.24) is 9.88 Å². The minimum absolute atomic E-state index is 0.239. The van der Waals surface area contributed by atoms with Crippen LogP contribution in [0.3, 0.4) is 0 Å². The first-order valence-electron chi connectivity index (χ1n) is 12.4. The summed E-state index contributed by atoms with van der Waals surface area (Å²) in [5.74, 6) is -1.16. The fourth-order valence-electron chi connectivity index (χ4n) is 5.79. The number of fused-ring (bicyclic) bond motifs is 2. The Kier molecular flexibility index (Phi) is 6.07. The van der Waals surface area contributed by atoms with E-state index >= 15 is 0 Å². The molecule has 1 N–H and O–H groups in total. The maximum Gasteiger partial charge on any atom is 0.249 e. The summed E-state index contributed by atoms with van der Waals surface area (Å²) in [6.45, 7) is 7.93. The molecule has 1 aliphatic heterocycles. The van der Waals surface area contributed by atoms with Crippen molar-refractivity contribution in [2.24, 2.45) is 16.7 Å². The van der Waals surface area contributed by atoms with E-state index in [0.29, 0.717) is 18.0 Å². The van der Waals surface area contributed by atoms with Gasteiger partial charge in [-0.15, -0.1) is 11.3 Å². The van der Waals surface area contributed by atoms with Crippen LogP contribution in [0.15, 0.2) is 60.7 Å². The highest BCUT2D eigenvalue weighted by Gasteiger charge is 2.65. The van der Waals surface area contributed by atoms with Crippen LogP contribution in [0.1, 0.15) is 44.1 Å². The number of aryl methyl sites for hydroxylation is 1. The highest BCUT2D eigenvalue weighted by atomic mass is 32.1. The van der Waals surface area contributed by atoms with E-state index in [1.54, 1.807) is 0 Å². The minimum atomic E-state index is -0.951. The summed E-state index contributed by atoms with van der Waals surface area (Å²) in [7, 11) is 0. The number of hydrogen-bond donors (Lipinski definition) is 1. The van der Waals surface area contributed by atoms with Crippen LogP contribution in [-0.2, 0) is 20.8 Å². The zero-order chi connectivity index (χ0) is 25.7. The van der Waals surface area contributed by atoms with E-state index in [1.807, 2.05) is 88.4 Å². The van der Waals surface area contributed by atoms with Crippen molar-refractivity contribution in [3.05, 3.63) is 71.1 Å². The number of amides is 3. The van der Waals surface area contributed by atoms with Crippen LogP contribution in [0.2, 0.25) is 0 Å². The van der Waals surface area contributed by atoms with Gasteiger partial charge in [-0.2, -0.15) is 0 Å². The Bertz CT molecular complexity index is 1320. The molecular formula is C29H31N3O3S. The Morgan fingerprint density at radius 1 is 1.08 bits per heavy atom. The smallest absolute Gasteiger partial charge is 0.249 e. The number of aromatic nitrogens is 1. The van der Waals surface area contributed by atoms with Crippen molar-refractivity contribution in [3.63, 3.8) is 0 Å². The average Bonchev–Trinajstić information content (AvgIpc) is 3.31. The molecule has 1 aliphatic carbocycles. The number of piperidine rings is 1. The summed E-state index contributed by atoms with van der Waals surface area (Å²) in [6.07, 6.45) is 1.57. The second-order valence-corrected chi connectivity index (χ2v) is 11.8. The molecule has 3 amide bonds. The quantitative estimate of drug-likeness (QED) is 0.454. The molecule has 2 heterocycles. The number of carbonyl (C=O) groups is 3. The summed E-state index contributed by atoms with van der Waals surface area (Å²) in [6, 6.07) is 18.4. The first-order chi connectivity index (χ1) is 17.1. The van der Waals surface area contributed by atoms with Crippen LogP contribution in [0, 0.1) is 23.7 Å². The van der Waals surface area contributed by atoms with E-state index in [2.05, 4.69) is 10.3 Å². The maximum atomic E-state index is 13.9. The van der Waals surface area contributed by atoms with Crippen molar-refractivity contribution in [3.8, 4) is 11.3 Å². The van der Waals surface area contributed by atoms with Gasteiger partial charge in [0.2, 0.25) is 17.7 Å². The van der Waals surface area contributed by atoms with Crippen molar-refractivity contribution in [1.29, 1.82) is 0 Å². The van der Waals surface area contributed by atoms with Gasteiger partial charge in [0.25, 0.3) is 0 Å². The lowest BCUT2D eigenvalue weighted by Crippen LogP contribution is -2.64. The molecule has 36 heavy (non-hydrogen) atoms. The summed E-state index contributed by atoms with van der Waals surface area (Å²) in [4.78, 5) is 48.3. The van der Waals surface area contributed by atoms with Gasteiger partial charge in [-0.25, -0.2) is 4.98 Å². The van der Waals surface area contributed by atoms with Crippen LogP contribution < -0.4 is 5.32 Å². The largest absolute Gasteiger partial charge is 0.300 e. The van der Waals surface area contributed by atoms with Crippen LogP contribution >= 0.6 is 11.3 Å². The van der Waals surface area contributed by atoms with E-state index in [0.717, 1.165) is 21.7 Å². The highest BCUT2D eigenvalue weighted by Crippen LogP contribution is 2.60. The molecular weight excluding hydrogens is 470 g/mol. The lowest BCUT2D eigenvalue weighted by Gasteiger charge is -2.49. The predicted molar refractivity (Wildman–Crippen MR) is 141 cm³/mol. The number of imide groups is 1. The molecule has 186 valence electrons. The molecule has 2 aliphatic rings. The number of nitrogens with zero attached hydrogens (tertiary/aromatic N) is 2. The molecule has 1 saturated carbocycles. The maximum absolute atomic E-state index is 13.9. The molecule has 0 spiro atoms. The Balaban J connectivity index is 1.48. The molecule has 2 fully saturated rings. The summed E-state index contributed by atoms with van der Waals surface area (Å²) < 4.78 is 0. The molecule has 1 aromatic heterocycles. The molecule has 2 bridgehead atoms. The zero-order valence-corrected chi connectivity index (χ0v) is 21.9. The van der Waals surface area contributed by atoms with Crippen molar-refractivity contribution >= 4 is 34.2 Å². The van der Waals surface area contributed by atoms with Crippen molar-refractivity contribution in [2.45, 2.75) is 53.0 Å². The van der Waals surface area contributed by atoms with Crippen molar-refractivity contribution < 1.29 is 14.4 Å². The van der Waals surface area contributed by atoms with Crippen LogP contribution in [-0.4, -0.2) is 33.6 Å². The fraction of sp³-hybridized carbons (Fsp3) is 0.379. The molecule has 0 radical (unpaired) electrons. The lowest BCUT2D eigenvalue weighted by molar-refractivity contribution is -0.172. The number of anilines is 1. The van der Waals surface area contributed by atoms with Gasteiger partial charge < -0.3 is 5.32 Å². The van der Waals surface area contributed by atoms with Gasteiger partial charge in [-0.05, 0) is 30.7 Å². The Labute approximate surface area is 215 Å². The number of thiazole rings is 1. The molecule has 2 aromatic carbocycles. The van der Waals surface area contributed by atoms with E-state index in [-0.39, 0.29) is 24.2 Å². The SMILES string of the molecule is Cc1sc(NC(=O)C(Cc2ccccc2)N2C(=O)C3CCC(C)(C2=O)C3(C)C)nc1-c1ccccc1. The average molecular weight is 502 g/mol. The van der Waals surface area contributed by atoms with Gasteiger partial charge >= 0.3 is 0 Å². The van der Waals surface area contributed by atoms with E-state index in [1.165, 1.54) is 16.2 Å². The van der Waals surface area contributed by atoms with E-state index < -0.39 is 22.8 Å². The number of rotatable bonds is 6. The molecule has 6 nitrogen and oxygen atoms in total. The third kappa shape index (κ3) is 3.86. The van der Waals surface area contributed by atoms with Gasteiger partial charge in [0.05, 0.1) is 11.1 Å². The number of nitrogens with one attached hydrogen (secondary N) is 1. The number of likely N-dealkylation sites (tertiary alicyclic amines) is 1. The summed E-state index contributed by atoms with van der Waals surface area (Å²) in [5, 5.41) is 3.40. The standard InChI is InChI=1S/C29H31N3O3S/c1-18-23(20-13-9-6-10-14-20)30-27(36-18)31-24(33)22(17-19-11-7-5-8-12-19)32-25(34)21-15-16-29(4,26(32)35)28(21,2)3/h5-14,21-22H,15-17H2,1-4H3,(H,30,31,33).